The van der Waals surface area contributed by atoms with Crippen molar-refractivity contribution in [1.29, 1.82) is 0 Å². The maximum Gasteiger partial charge on any atom is 0.274 e. The molecule has 11 heteroatoms. The highest BCUT2D eigenvalue weighted by Crippen LogP contribution is 2.25. The average molecular weight is 536 g/mol. The zero-order valence-electron chi connectivity index (χ0n) is 19.1. The van der Waals surface area contributed by atoms with Gasteiger partial charge >= 0.3 is 0 Å². The molecule has 8 nitrogen and oxygen atoms in total. The molecule has 0 aliphatic rings. The Hall–Kier alpha value is -2.79. The maximum atomic E-state index is 13.1. The molecule has 0 saturated carbocycles. The van der Waals surface area contributed by atoms with Crippen molar-refractivity contribution in [1.82, 2.24) is 9.62 Å². The number of nitrogens with zero attached hydrogens (tertiary/aromatic N) is 2. The van der Waals surface area contributed by atoms with Crippen LogP contribution in [-0.4, -0.2) is 37.2 Å². The second-order valence-corrected chi connectivity index (χ2v) is 10.9. The number of nitro groups is 1. The lowest BCUT2D eigenvalue weighted by Crippen LogP contribution is -2.34. The second-order valence-electron chi connectivity index (χ2n) is 7.95. The molecule has 186 valence electrons. The number of hydrogen-bond donors (Lipinski definition) is 1. The third-order valence-corrected chi connectivity index (χ3v) is 7.78. The highest BCUT2D eigenvalue weighted by Gasteiger charge is 2.21. The number of nitrogens with one attached hydrogen (secondary N) is 1. The van der Waals surface area contributed by atoms with Crippen molar-refractivity contribution >= 4 is 44.6 Å². The molecule has 1 N–H and O–H groups in total. The molecule has 3 rings (SSSR count). The number of halogens is 1. The van der Waals surface area contributed by atoms with E-state index in [1.165, 1.54) is 41.7 Å². The monoisotopic (exact) mass is 535 g/mol. The fourth-order valence-corrected chi connectivity index (χ4v) is 5.45. The topological polar surface area (TPSA) is 110 Å². The third kappa shape index (κ3) is 7.60. The van der Waals surface area contributed by atoms with E-state index in [1.807, 2.05) is 23.8 Å². The van der Waals surface area contributed by atoms with Crippen LogP contribution in [0.15, 0.2) is 64.2 Å². The summed E-state index contributed by atoms with van der Waals surface area (Å²) in [5.41, 5.74) is 1.97. The minimum atomic E-state index is -3.56. The fourth-order valence-electron chi connectivity index (χ4n) is 3.46. The number of carbonyl (C=O) groups excluding carboxylic acids is 1. The number of carbonyl (C=O) groups is 1. The normalized spacial score (nSPS) is 11.4. The molecule has 0 aliphatic carbocycles. The van der Waals surface area contributed by atoms with E-state index in [1.54, 1.807) is 17.0 Å². The van der Waals surface area contributed by atoms with Gasteiger partial charge in [0.05, 0.1) is 28.3 Å². The first kappa shape index (κ1) is 26.8. The van der Waals surface area contributed by atoms with Crippen LogP contribution < -0.4 is 4.72 Å². The first-order chi connectivity index (χ1) is 16.7. The third-order valence-electron chi connectivity index (χ3n) is 5.33. The van der Waals surface area contributed by atoms with E-state index in [4.69, 9.17) is 11.6 Å². The van der Waals surface area contributed by atoms with E-state index in [9.17, 15) is 23.3 Å². The molecular formula is C24H26ClN3O5S2. The molecule has 1 aromatic heterocycles. The first-order valence-corrected chi connectivity index (χ1v) is 13.8. The molecule has 0 aliphatic heterocycles. The summed E-state index contributed by atoms with van der Waals surface area (Å²) in [5, 5.41) is 15.6. The Kier molecular flexibility index (Phi) is 9.39. The van der Waals surface area contributed by atoms with Gasteiger partial charge < -0.3 is 4.90 Å². The van der Waals surface area contributed by atoms with E-state index in [0.29, 0.717) is 36.5 Å². The molecule has 0 atom stereocenters. The van der Waals surface area contributed by atoms with E-state index in [0.717, 1.165) is 11.1 Å². The number of nitro benzene ring substituents is 1. The summed E-state index contributed by atoms with van der Waals surface area (Å²) in [6.45, 7) is 2.58. The number of rotatable bonds is 12. The van der Waals surface area contributed by atoms with Crippen molar-refractivity contribution in [2.45, 2.75) is 37.6 Å². The van der Waals surface area contributed by atoms with Crippen molar-refractivity contribution in [2.24, 2.45) is 0 Å². The number of thiophene rings is 1. The van der Waals surface area contributed by atoms with Crippen molar-refractivity contribution in [3.05, 3.63) is 91.1 Å². The van der Waals surface area contributed by atoms with E-state index in [2.05, 4.69) is 4.72 Å². The zero-order valence-corrected chi connectivity index (χ0v) is 21.5. The van der Waals surface area contributed by atoms with Gasteiger partial charge in [0.25, 0.3) is 5.69 Å². The highest BCUT2D eigenvalue weighted by molar-refractivity contribution is 7.89. The maximum absolute atomic E-state index is 13.1. The van der Waals surface area contributed by atoms with Crippen LogP contribution in [0.1, 0.15) is 30.0 Å². The van der Waals surface area contributed by atoms with Crippen LogP contribution in [0.4, 0.5) is 5.69 Å². The van der Waals surface area contributed by atoms with Crippen molar-refractivity contribution in [2.75, 3.05) is 13.1 Å². The molecular weight excluding hydrogens is 510 g/mol. The average Bonchev–Trinajstić information content (AvgIpc) is 3.33. The lowest BCUT2D eigenvalue weighted by molar-refractivity contribution is -0.385. The summed E-state index contributed by atoms with van der Waals surface area (Å²) in [6, 6.07) is 12.7. The molecule has 2 aromatic carbocycles. The summed E-state index contributed by atoms with van der Waals surface area (Å²) < 4.78 is 27.1. The zero-order chi connectivity index (χ0) is 25.4. The summed E-state index contributed by atoms with van der Waals surface area (Å²) in [6.07, 6.45) is 1.32. The van der Waals surface area contributed by atoms with Gasteiger partial charge in [0.1, 0.15) is 0 Å². The van der Waals surface area contributed by atoms with Gasteiger partial charge in [0.15, 0.2) is 0 Å². The Balaban J connectivity index is 1.78. The second kappa shape index (κ2) is 12.3. The van der Waals surface area contributed by atoms with Gasteiger partial charge in [-0.15, -0.1) is 0 Å². The van der Waals surface area contributed by atoms with E-state index < -0.39 is 14.9 Å². The Morgan fingerprint density at radius 3 is 2.51 bits per heavy atom. The molecule has 0 saturated heterocycles. The molecule has 1 heterocycles. The van der Waals surface area contributed by atoms with E-state index in [-0.39, 0.29) is 29.5 Å². The van der Waals surface area contributed by atoms with Gasteiger partial charge in [-0.3, -0.25) is 14.9 Å². The van der Waals surface area contributed by atoms with Crippen molar-refractivity contribution in [3.8, 4) is 0 Å². The first-order valence-electron chi connectivity index (χ1n) is 11.0. The molecule has 0 fully saturated rings. The summed E-state index contributed by atoms with van der Waals surface area (Å²) in [7, 11) is -3.56. The Bertz CT molecular complexity index is 1260. The molecule has 0 radical (unpaired) electrons. The Morgan fingerprint density at radius 1 is 1.14 bits per heavy atom. The van der Waals surface area contributed by atoms with Gasteiger partial charge in [-0.25, -0.2) is 13.1 Å². The molecule has 0 bridgehead atoms. The molecule has 35 heavy (non-hydrogen) atoms. The van der Waals surface area contributed by atoms with Gasteiger partial charge in [0.2, 0.25) is 15.9 Å². The van der Waals surface area contributed by atoms with Gasteiger partial charge in [-0.05, 0) is 65.1 Å². The van der Waals surface area contributed by atoms with Crippen LogP contribution in [-0.2, 0) is 34.2 Å². The standard InChI is InChI=1S/C24H26ClN3O5S2/c1-2-11-26-35(32,33)22-6-3-18(4-7-22)9-12-27(24(29)14-19-10-13-34-17-19)16-20-15-21(25)5-8-23(20)28(30)31/h3-8,10,13,15,17,26H,2,9,11-12,14,16H2,1H3. The Morgan fingerprint density at radius 2 is 1.89 bits per heavy atom. The molecule has 0 unspecified atom stereocenters. The van der Waals surface area contributed by atoms with Crippen LogP contribution in [0.25, 0.3) is 0 Å². The van der Waals surface area contributed by atoms with Crippen LogP contribution in [0.5, 0.6) is 0 Å². The number of amides is 1. The summed E-state index contributed by atoms with van der Waals surface area (Å²) >= 11 is 7.57. The predicted octanol–water partition coefficient (Wildman–Crippen LogP) is 4.81. The largest absolute Gasteiger partial charge is 0.337 e. The van der Waals surface area contributed by atoms with Crippen LogP contribution in [0.2, 0.25) is 5.02 Å². The fraction of sp³-hybridized carbons (Fsp3) is 0.292. The summed E-state index contributed by atoms with van der Waals surface area (Å²) in [4.78, 5) is 25.9. The van der Waals surface area contributed by atoms with Gasteiger partial charge in [-0.1, -0.05) is 30.7 Å². The number of benzene rings is 2. The van der Waals surface area contributed by atoms with Crippen molar-refractivity contribution in [3.63, 3.8) is 0 Å². The Labute approximate surface area is 213 Å². The predicted molar refractivity (Wildman–Crippen MR) is 137 cm³/mol. The van der Waals surface area contributed by atoms with Gasteiger partial charge in [-0.2, -0.15) is 11.3 Å². The van der Waals surface area contributed by atoms with Crippen LogP contribution in [0.3, 0.4) is 0 Å². The number of hydrogen-bond acceptors (Lipinski definition) is 6. The lowest BCUT2D eigenvalue weighted by Gasteiger charge is -2.23. The van der Waals surface area contributed by atoms with Crippen LogP contribution >= 0.6 is 22.9 Å². The minimum absolute atomic E-state index is 0.0350. The van der Waals surface area contributed by atoms with Crippen molar-refractivity contribution < 1.29 is 18.1 Å². The number of sulfonamides is 1. The highest BCUT2D eigenvalue weighted by atomic mass is 35.5. The SMILES string of the molecule is CCCNS(=O)(=O)c1ccc(CCN(Cc2cc(Cl)ccc2[N+](=O)[O-])C(=O)Cc2ccsc2)cc1. The summed E-state index contributed by atoms with van der Waals surface area (Å²) in [5.74, 6) is -0.166. The minimum Gasteiger partial charge on any atom is -0.337 e. The van der Waals surface area contributed by atoms with E-state index >= 15 is 0 Å². The molecule has 0 spiro atoms. The quantitative estimate of drug-likeness (QED) is 0.264. The van der Waals surface area contributed by atoms with Gasteiger partial charge in [0, 0.05) is 24.2 Å². The lowest BCUT2D eigenvalue weighted by atomic mass is 10.1. The smallest absolute Gasteiger partial charge is 0.274 e. The van der Waals surface area contributed by atoms with Crippen LogP contribution in [0, 0.1) is 10.1 Å². The molecule has 1 amide bonds. The molecule has 3 aromatic rings.